The van der Waals surface area contributed by atoms with Gasteiger partial charge in [-0.2, -0.15) is 0 Å². The molecule has 0 aliphatic carbocycles. The minimum Gasteiger partial charge on any atom is -0.343 e. The van der Waals surface area contributed by atoms with Crippen LogP contribution in [-0.4, -0.2) is 4.57 Å². The first kappa shape index (κ1) is 18.9. The Morgan fingerprint density at radius 1 is 0.531 bits per heavy atom. The molecule has 32 heavy (non-hydrogen) atoms. The average molecular weight is 412 g/mol. The van der Waals surface area contributed by atoms with Gasteiger partial charge in [0.15, 0.2) is 0 Å². The number of nitrogens with zero attached hydrogens (tertiary/aromatic N) is 1. The van der Waals surface area contributed by atoms with Gasteiger partial charge in [-0.15, -0.1) is 0 Å². The molecular formula is C31H25N. The van der Waals surface area contributed by atoms with Crippen LogP contribution in [0.25, 0.3) is 54.8 Å². The molecule has 0 aliphatic rings. The molecule has 5 aromatic carbocycles. The molecule has 0 aliphatic heterocycles. The summed E-state index contributed by atoms with van der Waals surface area (Å²) in [6.07, 6.45) is 0. The van der Waals surface area contributed by atoms with Gasteiger partial charge < -0.3 is 4.57 Å². The topological polar surface area (TPSA) is 4.93 Å². The van der Waals surface area contributed by atoms with Gasteiger partial charge in [-0.05, 0) is 47.6 Å². The van der Waals surface area contributed by atoms with Crippen LogP contribution in [0, 0.1) is 13.8 Å². The molecular weight excluding hydrogens is 386 g/mol. The first-order valence-corrected chi connectivity index (χ1v) is 11.2. The van der Waals surface area contributed by atoms with Crippen molar-refractivity contribution in [1.29, 1.82) is 0 Å². The molecule has 1 aromatic heterocycles. The van der Waals surface area contributed by atoms with Crippen molar-refractivity contribution >= 4 is 32.6 Å². The molecule has 0 bridgehead atoms. The van der Waals surface area contributed by atoms with Crippen molar-refractivity contribution in [2.45, 2.75) is 13.8 Å². The average Bonchev–Trinajstić information content (AvgIpc) is 3.12. The Kier molecular flexibility index (Phi) is 4.19. The highest BCUT2D eigenvalue weighted by molar-refractivity contribution is 6.28. The van der Waals surface area contributed by atoms with Gasteiger partial charge in [-0.25, -0.2) is 0 Å². The lowest BCUT2D eigenvalue weighted by molar-refractivity contribution is 1.01. The van der Waals surface area contributed by atoms with Gasteiger partial charge in [0, 0.05) is 28.8 Å². The SMILES string of the molecule is Cc1cc(C)c2c(c1)c1c(-c3ccccc3)c(-c3ccccc3)c3ccccc3c1n2C. The van der Waals surface area contributed by atoms with Gasteiger partial charge in [0.2, 0.25) is 0 Å². The summed E-state index contributed by atoms with van der Waals surface area (Å²) < 4.78 is 2.41. The van der Waals surface area contributed by atoms with Crippen LogP contribution >= 0.6 is 0 Å². The van der Waals surface area contributed by atoms with Crippen LogP contribution in [0.5, 0.6) is 0 Å². The van der Waals surface area contributed by atoms with Gasteiger partial charge in [-0.1, -0.05) is 96.6 Å². The van der Waals surface area contributed by atoms with E-state index >= 15 is 0 Å². The molecule has 6 aromatic rings. The first-order valence-electron chi connectivity index (χ1n) is 11.2. The smallest absolute Gasteiger partial charge is 0.0575 e. The van der Waals surface area contributed by atoms with Crippen LogP contribution in [0.15, 0.2) is 97.1 Å². The zero-order valence-corrected chi connectivity index (χ0v) is 18.7. The lowest BCUT2D eigenvalue weighted by atomic mass is 9.86. The van der Waals surface area contributed by atoms with E-state index in [2.05, 4.69) is 123 Å². The quantitative estimate of drug-likeness (QED) is 0.269. The highest BCUT2D eigenvalue weighted by atomic mass is 14.9. The van der Waals surface area contributed by atoms with E-state index in [0.717, 1.165) is 0 Å². The molecule has 0 saturated heterocycles. The van der Waals surface area contributed by atoms with E-state index in [1.165, 1.54) is 66.0 Å². The largest absolute Gasteiger partial charge is 0.343 e. The third-order valence-corrected chi connectivity index (χ3v) is 6.70. The summed E-state index contributed by atoms with van der Waals surface area (Å²) in [4.78, 5) is 0. The molecule has 0 N–H and O–H groups in total. The fourth-order valence-corrected chi connectivity index (χ4v) is 5.54. The molecule has 1 nitrogen and oxygen atoms in total. The maximum Gasteiger partial charge on any atom is 0.0575 e. The Balaban J connectivity index is 1.99. The minimum atomic E-state index is 1.26. The summed E-state index contributed by atoms with van der Waals surface area (Å²) >= 11 is 0. The van der Waals surface area contributed by atoms with Crippen LogP contribution < -0.4 is 0 Å². The van der Waals surface area contributed by atoms with E-state index < -0.39 is 0 Å². The van der Waals surface area contributed by atoms with Gasteiger partial charge in [0.25, 0.3) is 0 Å². The summed E-state index contributed by atoms with van der Waals surface area (Å²) in [6.45, 7) is 4.43. The maximum atomic E-state index is 2.41. The number of rotatable bonds is 2. The number of hydrogen-bond acceptors (Lipinski definition) is 0. The summed E-state index contributed by atoms with van der Waals surface area (Å²) in [7, 11) is 2.22. The molecule has 0 amide bonds. The van der Waals surface area contributed by atoms with Crippen LogP contribution in [0.2, 0.25) is 0 Å². The van der Waals surface area contributed by atoms with E-state index in [-0.39, 0.29) is 0 Å². The Morgan fingerprint density at radius 3 is 1.75 bits per heavy atom. The van der Waals surface area contributed by atoms with E-state index in [9.17, 15) is 0 Å². The zero-order chi connectivity index (χ0) is 21.8. The Labute approximate surface area is 188 Å². The zero-order valence-electron chi connectivity index (χ0n) is 18.7. The maximum absolute atomic E-state index is 2.41. The Bertz CT molecular complexity index is 1620. The van der Waals surface area contributed by atoms with E-state index in [0.29, 0.717) is 0 Å². The molecule has 1 heterocycles. The lowest BCUT2D eigenvalue weighted by Crippen LogP contribution is -1.93. The van der Waals surface area contributed by atoms with Crippen molar-refractivity contribution in [3.63, 3.8) is 0 Å². The van der Waals surface area contributed by atoms with Crippen molar-refractivity contribution in [2.24, 2.45) is 7.05 Å². The van der Waals surface area contributed by atoms with Crippen molar-refractivity contribution in [2.75, 3.05) is 0 Å². The number of fused-ring (bicyclic) bond motifs is 5. The molecule has 0 fully saturated rings. The third-order valence-electron chi connectivity index (χ3n) is 6.70. The standard InChI is InChI=1S/C31H25N/c1-20-18-21(2)30-26(19-20)29-28(23-14-8-5-9-15-23)27(22-12-6-4-7-13-22)24-16-10-11-17-25(24)31(29)32(30)3/h4-19H,1-3H3. The summed E-state index contributed by atoms with van der Waals surface area (Å²) in [5.74, 6) is 0. The second-order valence-corrected chi connectivity index (χ2v) is 8.79. The first-order chi connectivity index (χ1) is 15.6. The fourth-order valence-electron chi connectivity index (χ4n) is 5.54. The normalized spacial score (nSPS) is 11.6. The van der Waals surface area contributed by atoms with Gasteiger partial charge in [-0.3, -0.25) is 0 Å². The second kappa shape index (κ2) is 7.10. The number of aromatic nitrogens is 1. The predicted octanol–water partition coefficient (Wildman–Crippen LogP) is 8.44. The third kappa shape index (κ3) is 2.64. The summed E-state index contributed by atoms with van der Waals surface area (Å²) in [5, 5.41) is 5.28. The number of aryl methyl sites for hydroxylation is 3. The molecule has 6 rings (SSSR count). The molecule has 154 valence electrons. The van der Waals surface area contributed by atoms with Crippen molar-refractivity contribution in [1.82, 2.24) is 4.57 Å². The number of benzene rings is 5. The van der Waals surface area contributed by atoms with E-state index in [1.807, 2.05) is 0 Å². The molecule has 0 radical (unpaired) electrons. The highest BCUT2D eigenvalue weighted by Gasteiger charge is 2.22. The number of hydrogen-bond donors (Lipinski definition) is 0. The van der Waals surface area contributed by atoms with E-state index in [4.69, 9.17) is 0 Å². The van der Waals surface area contributed by atoms with Gasteiger partial charge >= 0.3 is 0 Å². The van der Waals surface area contributed by atoms with Crippen LogP contribution in [0.3, 0.4) is 0 Å². The highest BCUT2D eigenvalue weighted by Crippen LogP contribution is 2.48. The van der Waals surface area contributed by atoms with Crippen LogP contribution in [0.1, 0.15) is 11.1 Å². The minimum absolute atomic E-state index is 1.26. The Morgan fingerprint density at radius 2 is 1.09 bits per heavy atom. The second-order valence-electron chi connectivity index (χ2n) is 8.79. The Hall–Kier alpha value is -3.84. The lowest BCUT2D eigenvalue weighted by Gasteiger charge is -2.17. The summed E-state index contributed by atoms with van der Waals surface area (Å²) in [5.41, 5.74) is 10.4. The van der Waals surface area contributed by atoms with Crippen LogP contribution in [0.4, 0.5) is 0 Å². The molecule has 0 atom stereocenters. The van der Waals surface area contributed by atoms with Crippen molar-refractivity contribution < 1.29 is 0 Å². The van der Waals surface area contributed by atoms with Crippen molar-refractivity contribution in [3.8, 4) is 22.3 Å². The van der Waals surface area contributed by atoms with Crippen molar-refractivity contribution in [3.05, 3.63) is 108 Å². The predicted molar refractivity (Wildman–Crippen MR) is 138 cm³/mol. The molecule has 0 saturated carbocycles. The fraction of sp³-hybridized carbons (Fsp3) is 0.0968. The van der Waals surface area contributed by atoms with Crippen LogP contribution in [-0.2, 0) is 7.05 Å². The van der Waals surface area contributed by atoms with Gasteiger partial charge in [0.05, 0.1) is 11.0 Å². The van der Waals surface area contributed by atoms with E-state index in [1.54, 1.807) is 0 Å². The summed E-state index contributed by atoms with van der Waals surface area (Å²) in [6, 6.07) is 35.3. The molecule has 1 heteroatoms. The van der Waals surface area contributed by atoms with Gasteiger partial charge in [0.1, 0.15) is 0 Å². The monoisotopic (exact) mass is 411 g/mol. The molecule has 0 unspecified atom stereocenters. The molecule has 0 spiro atoms.